The molecule has 0 radical (unpaired) electrons. The molecule has 1 aliphatic rings. The van der Waals surface area contributed by atoms with Crippen molar-refractivity contribution in [2.45, 2.75) is 39.7 Å². The van der Waals surface area contributed by atoms with Crippen LogP contribution in [0.5, 0.6) is 0 Å². The van der Waals surface area contributed by atoms with Gasteiger partial charge in [-0.1, -0.05) is 26.0 Å². The fraction of sp³-hybridized carbons (Fsp3) is 0.591. The van der Waals surface area contributed by atoms with Crippen molar-refractivity contribution in [3.8, 4) is 0 Å². The molecule has 2 heterocycles. The van der Waals surface area contributed by atoms with Gasteiger partial charge in [-0.3, -0.25) is 4.98 Å². The van der Waals surface area contributed by atoms with Gasteiger partial charge in [0.2, 0.25) is 0 Å². The van der Waals surface area contributed by atoms with Crippen molar-refractivity contribution in [2.24, 2.45) is 5.92 Å². The zero-order valence-corrected chi connectivity index (χ0v) is 16.6. The van der Waals surface area contributed by atoms with Crippen molar-refractivity contribution in [3.63, 3.8) is 0 Å². The van der Waals surface area contributed by atoms with E-state index in [1.807, 2.05) is 6.20 Å². The Hall–Kier alpha value is -1.49. The third kappa shape index (κ3) is 4.61. The second-order valence-electron chi connectivity index (χ2n) is 7.47. The van der Waals surface area contributed by atoms with E-state index >= 15 is 0 Å². The lowest BCUT2D eigenvalue weighted by atomic mass is 9.84. The van der Waals surface area contributed by atoms with Crippen LogP contribution < -0.4 is 10.6 Å². The van der Waals surface area contributed by atoms with Gasteiger partial charge in [-0.05, 0) is 75.1 Å². The number of rotatable bonds is 8. The van der Waals surface area contributed by atoms with E-state index in [1.165, 1.54) is 29.4 Å². The molecule has 26 heavy (non-hydrogen) atoms. The second kappa shape index (κ2) is 9.45. The maximum Gasteiger partial charge on any atom is 0.0707 e. The maximum atomic E-state index is 4.62. The van der Waals surface area contributed by atoms with Crippen LogP contribution in [0, 0.1) is 12.8 Å². The zero-order chi connectivity index (χ0) is 18.4. The van der Waals surface area contributed by atoms with Crippen molar-refractivity contribution in [2.75, 3.05) is 39.3 Å². The first kappa shape index (κ1) is 19.3. The minimum atomic E-state index is 0.404. The average molecular weight is 355 g/mol. The maximum absolute atomic E-state index is 4.62. The molecule has 1 atom stereocenters. The van der Waals surface area contributed by atoms with Crippen LogP contribution in [0.2, 0.25) is 0 Å². The highest BCUT2D eigenvalue weighted by Gasteiger charge is 2.26. The minimum Gasteiger partial charge on any atom is -0.317 e. The van der Waals surface area contributed by atoms with Gasteiger partial charge < -0.3 is 15.5 Å². The number of nitrogens with one attached hydrogen (secondary N) is 2. The number of piperidine rings is 1. The van der Waals surface area contributed by atoms with E-state index in [2.05, 4.69) is 65.6 Å². The highest BCUT2D eigenvalue weighted by atomic mass is 15.1. The fourth-order valence-electron chi connectivity index (χ4n) is 4.18. The molecule has 0 amide bonds. The number of likely N-dealkylation sites (N-methyl/N-ethyl adjacent to an activating group) is 1. The summed E-state index contributed by atoms with van der Waals surface area (Å²) in [6.07, 6.45) is 4.45. The van der Waals surface area contributed by atoms with Gasteiger partial charge in [0.15, 0.2) is 0 Å². The van der Waals surface area contributed by atoms with E-state index in [9.17, 15) is 0 Å². The van der Waals surface area contributed by atoms with Gasteiger partial charge in [-0.2, -0.15) is 0 Å². The number of hydrogen-bond donors (Lipinski definition) is 2. The number of benzene rings is 1. The Balaban J connectivity index is 1.85. The summed E-state index contributed by atoms with van der Waals surface area (Å²) in [5, 5.41) is 8.73. The molecule has 142 valence electrons. The summed E-state index contributed by atoms with van der Waals surface area (Å²) in [5.41, 5.74) is 3.81. The molecule has 1 aromatic heterocycles. The van der Waals surface area contributed by atoms with Crippen LogP contribution in [0.3, 0.4) is 0 Å². The van der Waals surface area contributed by atoms with Crippen LogP contribution in [0.15, 0.2) is 30.5 Å². The monoisotopic (exact) mass is 354 g/mol. The first-order valence-electron chi connectivity index (χ1n) is 10.2. The fourth-order valence-corrected chi connectivity index (χ4v) is 4.18. The number of fused-ring (bicyclic) bond motifs is 1. The summed E-state index contributed by atoms with van der Waals surface area (Å²) in [6.45, 7) is 13.3. The Morgan fingerprint density at radius 3 is 2.69 bits per heavy atom. The molecule has 0 saturated carbocycles. The zero-order valence-electron chi connectivity index (χ0n) is 16.6. The van der Waals surface area contributed by atoms with E-state index < -0.39 is 0 Å². The lowest BCUT2D eigenvalue weighted by Gasteiger charge is -2.33. The molecule has 1 fully saturated rings. The van der Waals surface area contributed by atoms with Crippen LogP contribution in [0.4, 0.5) is 0 Å². The highest BCUT2D eigenvalue weighted by Crippen LogP contribution is 2.33. The molecule has 4 heteroatoms. The molecule has 4 nitrogen and oxygen atoms in total. The smallest absolute Gasteiger partial charge is 0.0707 e. The predicted molar refractivity (Wildman–Crippen MR) is 111 cm³/mol. The first-order chi connectivity index (χ1) is 12.7. The Morgan fingerprint density at radius 1 is 1.19 bits per heavy atom. The van der Waals surface area contributed by atoms with Gasteiger partial charge in [0.1, 0.15) is 0 Å². The van der Waals surface area contributed by atoms with E-state index in [4.69, 9.17) is 0 Å². The largest absolute Gasteiger partial charge is 0.317 e. The van der Waals surface area contributed by atoms with Crippen LogP contribution >= 0.6 is 0 Å². The molecule has 1 unspecified atom stereocenters. The summed E-state index contributed by atoms with van der Waals surface area (Å²) in [4.78, 5) is 7.10. The SMILES string of the molecule is CCN(CC)CCNC(c1ccnc2cc(C)ccc12)C1CCNCC1. The summed E-state index contributed by atoms with van der Waals surface area (Å²) in [5.74, 6) is 0.680. The number of nitrogens with zero attached hydrogens (tertiary/aromatic N) is 2. The van der Waals surface area contributed by atoms with E-state index in [-0.39, 0.29) is 0 Å². The lowest BCUT2D eigenvalue weighted by molar-refractivity contribution is 0.257. The summed E-state index contributed by atoms with van der Waals surface area (Å²) >= 11 is 0. The average Bonchev–Trinajstić information content (AvgIpc) is 2.68. The summed E-state index contributed by atoms with van der Waals surface area (Å²) in [7, 11) is 0. The normalized spacial score (nSPS) is 17.1. The van der Waals surface area contributed by atoms with Crippen LogP contribution in [-0.4, -0.2) is 49.2 Å². The standard InChI is InChI=1S/C22H34N4/c1-4-26(5-2)15-14-25-22(18-8-11-23-12-9-18)20-10-13-24-21-16-17(3)6-7-19(20)21/h6-7,10,13,16,18,22-23,25H,4-5,8-9,11-12,14-15H2,1-3H3. The van der Waals surface area contributed by atoms with Gasteiger partial charge in [0, 0.05) is 30.7 Å². The lowest BCUT2D eigenvalue weighted by Crippen LogP contribution is -2.39. The quantitative estimate of drug-likeness (QED) is 0.761. The topological polar surface area (TPSA) is 40.2 Å². The van der Waals surface area contributed by atoms with Crippen molar-refractivity contribution in [1.29, 1.82) is 0 Å². The molecular formula is C22H34N4. The first-order valence-corrected chi connectivity index (χ1v) is 10.2. The van der Waals surface area contributed by atoms with Gasteiger partial charge >= 0.3 is 0 Å². The molecular weight excluding hydrogens is 320 g/mol. The molecule has 0 aliphatic carbocycles. The number of pyridine rings is 1. The van der Waals surface area contributed by atoms with E-state index in [0.717, 1.165) is 44.8 Å². The van der Waals surface area contributed by atoms with Gasteiger partial charge in [-0.25, -0.2) is 0 Å². The molecule has 1 saturated heterocycles. The van der Waals surface area contributed by atoms with Crippen molar-refractivity contribution in [1.82, 2.24) is 20.5 Å². The molecule has 1 aromatic carbocycles. The number of hydrogen-bond acceptors (Lipinski definition) is 4. The highest BCUT2D eigenvalue weighted by molar-refractivity contribution is 5.83. The van der Waals surface area contributed by atoms with Gasteiger partial charge in [0.25, 0.3) is 0 Å². The number of aromatic nitrogens is 1. The van der Waals surface area contributed by atoms with Gasteiger partial charge in [-0.15, -0.1) is 0 Å². The molecule has 0 spiro atoms. The Labute approximate surface area is 158 Å². The third-order valence-corrected chi connectivity index (χ3v) is 5.81. The molecule has 2 aromatic rings. The minimum absolute atomic E-state index is 0.404. The van der Waals surface area contributed by atoms with Crippen molar-refractivity contribution < 1.29 is 0 Å². The Morgan fingerprint density at radius 2 is 1.96 bits per heavy atom. The Bertz CT molecular complexity index is 690. The van der Waals surface area contributed by atoms with Crippen molar-refractivity contribution in [3.05, 3.63) is 41.6 Å². The van der Waals surface area contributed by atoms with Gasteiger partial charge in [0.05, 0.1) is 5.52 Å². The van der Waals surface area contributed by atoms with Crippen LogP contribution in [0.25, 0.3) is 10.9 Å². The predicted octanol–water partition coefficient (Wildman–Crippen LogP) is 3.52. The van der Waals surface area contributed by atoms with Crippen molar-refractivity contribution >= 4 is 10.9 Å². The second-order valence-corrected chi connectivity index (χ2v) is 7.47. The molecule has 0 bridgehead atoms. The summed E-state index contributed by atoms with van der Waals surface area (Å²) < 4.78 is 0. The third-order valence-electron chi connectivity index (χ3n) is 5.81. The van der Waals surface area contributed by atoms with Crippen LogP contribution in [-0.2, 0) is 0 Å². The molecule has 1 aliphatic heterocycles. The van der Waals surface area contributed by atoms with Crippen LogP contribution in [0.1, 0.15) is 43.9 Å². The van der Waals surface area contributed by atoms with E-state index in [1.54, 1.807) is 0 Å². The number of aryl methyl sites for hydroxylation is 1. The Kier molecular flexibility index (Phi) is 7.00. The molecule has 2 N–H and O–H groups in total. The summed E-state index contributed by atoms with van der Waals surface area (Å²) in [6, 6.07) is 9.31. The van der Waals surface area contributed by atoms with E-state index in [0.29, 0.717) is 12.0 Å². The molecule has 3 rings (SSSR count).